The molecule has 18 heavy (non-hydrogen) atoms. The van der Waals surface area contributed by atoms with Crippen LogP contribution in [0.4, 0.5) is 0 Å². The fourth-order valence-electron chi connectivity index (χ4n) is 1.56. The van der Waals surface area contributed by atoms with Crippen LogP contribution in [0.1, 0.15) is 21.6 Å². The molecule has 0 fully saturated rings. The third kappa shape index (κ3) is 2.82. The Kier molecular flexibility index (Phi) is 3.85. The summed E-state index contributed by atoms with van der Waals surface area (Å²) in [4.78, 5) is 15.1. The molecular weight excluding hydrogens is 245 g/mol. The maximum atomic E-state index is 11.0. The average Bonchev–Trinajstić information content (AvgIpc) is 2.38. The summed E-state index contributed by atoms with van der Waals surface area (Å²) in [6, 6.07) is 11.0. The lowest BCUT2D eigenvalue weighted by Crippen LogP contribution is -2.01. The summed E-state index contributed by atoms with van der Waals surface area (Å²) in [7, 11) is 2.64. The Bertz CT molecular complexity index is 608. The zero-order valence-electron chi connectivity index (χ0n) is 9.58. The molecule has 1 aromatic carbocycles. The van der Waals surface area contributed by atoms with Crippen LogP contribution in [0.15, 0.2) is 42.6 Å². The molecule has 3 nitrogen and oxygen atoms in total. The Morgan fingerprint density at radius 3 is 2.67 bits per heavy atom. The molecule has 1 unspecified atom stereocenters. The van der Waals surface area contributed by atoms with Gasteiger partial charge in [-0.15, -0.1) is 9.24 Å². The number of hydrogen-bond donors (Lipinski definition) is 1. The molecule has 1 atom stereocenters. The van der Waals surface area contributed by atoms with E-state index in [2.05, 4.69) is 14.2 Å². The molecule has 1 heterocycles. The van der Waals surface area contributed by atoms with Crippen molar-refractivity contribution in [2.45, 2.75) is 0 Å². The third-order valence-corrected chi connectivity index (χ3v) is 3.01. The van der Waals surface area contributed by atoms with Gasteiger partial charge in [0.15, 0.2) is 0 Å². The van der Waals surface area contributed by atoms with Gasteiger partial charge >= 0.3 is 5.97 Å². The zero-order valence-corrected chi connectivity index (χ0v) is 10.7. The van der Waals surface area contributed by atoms with Crippen LogP contribution in [0.3, 0.4) is 0 Å². The summed E-state index contributed by atoms with van der Waals surface area (Å²) in [6.45, 7) is 0. The van der Waals surface area contributed by atoms with Gasteiger partial charge in [-0.05, 0) is 29.1 Å². The van der Waals surface area contributed by atoms with Gasteiger partial charge in [0.1, 0.15) is 0 Å². The predicted molar refractivity (Wildman–Crippen MR) is 75.9 cm³/mol. The minimum absolute atomic E-state index is 0.204. The fraction of sp³-hybridized carbons (Fsp3) is 0. The number of aromatic carboxylic acids is 1. The Balaban J connectivity index is 2.35. The van der Waals surface area contributed by atoms with E-state index in [0.29, 0.717) is 5.69 Å². The van der Waals surface area contributed by atoms with E-state index in [-0.39, 0.29) is 5.56 Å². The lowest BCUT2D eigenvalue weighted by molar-refractivity contribution is 0.0696. The number of carbonyl (C=O) groups is 1. The molecule has 0 saturated heterocycles. The van der Waals surface area contributed by atoms with Crippen LogP contribution in [0.5, 0.6) is 0 Å². The summed E-state index contributed by atoms with van der Waals surface area (Å²) in [6.07, 6.45) is 5.15. The van der Waals surface area contributed by atoms with Crippen molar-refractivity contribution in [1.82, 2.24) is 4.98 Å². The summed E-state index contributed by atoms with van der Waals surface area (Å²) in [5.41, 5.74) is 1.68. The highest BCUT2D eigenvalue weighted by Gasteiger charge is 2.07. The van der Waals surface area contributed by atoms with E-state index in [1.54, 1.807) is 24.4 Å². The van der Waals surface area contributed by atoms with E-state index in [0.717, 1.165) is 10.9 Å². The molecule has 0 saturated carbocycles. The lowest BCUT2D eigenvalue weighted by atomic mass is 10.1. The first-order valence-corrected chi connectivity index (χ1v) is 5.97. The summed E-state index contributed by atoms with van der Waals surface area (Å²) >= 11 is 0. The summed E-state index contributed by atoms with van der Waals surface area (Å²) < 4.78 is 0. The van der Waals surface area contributed by atoms with Crippen molar-refractivity contribution in [2.75, 3.05) is 0 Å². The average molecular weight is 257 g/mol. The number of benzene rings is 1. The van der Waals surface area contributed by atoms with Crippen molar-refractivity contribution in [3.05, 3.63) is 59.4 Å². The van der Waals surface area contributed by atoms with Crippen molar-refractivity contribution in [1.29, 1.82) is 0 Å². The summed E-state index contributed by atoms with van der Waals surface area (Å²) in [5, 5.41) is 10.1. The van der Waals surface area contributed by atoms with Gasteiger partial charge in [-0.3, -0.25) is 4.98 Å². The van der Waals surface area contributed by atoms with Crippen molar-refractivity contribution in [3.8, 4) is 0 Å². The number of carboxylic acid groups (broad SMARTS) is 1. The van der Waals surface area contributed by atoms with E-state index < -0.39 is 5.97 Å². The van der Waals surface area contributed by atoms with Crippen LogP contribution in [-0.4, -0.2) is 16.1 Å². The van der Waals surface area contributed by atoms with Gasteiger partial charge in [-0.1, -0.05) is 30.3 Å². The van der Waals surface area contributed by atoms with Crippen molar-refractivity contribution >= 4 is 32.7 Å². The maximum Gasteiger partial charge on any atom is 0.337 e. The van der Waals surface area contributed by atoms with Crippen LogP contribution in [0.25, 0.3) is 12.2 Å². The molecule has 1 N–H and O–H groups in total. The molecule has 0 bridgehead atoms. The third-order valence-electron chi connectivity index (χ3n) is 2.49. The van der Waals surface area contributed by atoms with E-state index in [4.69, 9.17) is 5.11 Å². The molecule has 2 rings (SSSR count). The van der Waals surface area contributed by atoms with Gasteiger partial charge in [0.05, 0.1) is 11.3 Å². The molecule has 4 heteroatoms. The molecule has 1 aromatic heterocycles. The molecule has 0 spiro atoms. The Morgan fingerprint density at radius 1 is 1.17 bits per heavy atom. The highest BCUT2D eigenvalue weighted by Crippen LogP contribution is 2.11. The number of pyridine rings is 1. The highest BCUT2D eigenvalue weighted by molar-refractivity contribution is 7.27. The van der Waals surface area contributed by atoms with Gasteiger partial charge < -0.3 is 5.11 Å². The van der Waals surface area contributed by atoms with E-state index in [9.17, 15) is 4.79 Å². The van der Waals surface area contributed by atoms with Gasteiger partial charge in [-0.2, -0.15) is 0 Å². The van der Waals surface area contributed by atoms with Crippen LogP contribution in [0, 0.1) is 0 Å². The Morgan fingerprint density at radius 2 is 1.94 bits per heavy atom. The number of hydrogen-bond acceptors (Lipinski definition) is 2. The number of nitrogens with zero attached hydrogens (tertiary/aromatic N) is 1. The smallest absolute Gasteiger partial charge is 0.337 e. The lowest BCUT2D eigenvalue weighted by Gasteiger charge is -2.00. The first-order valence-electron chi connectivity index (χ1n) is 5.39. The van der Waals surface area contributed by atoms with Crippen molar-refractivity contribution in [2.24, 2.45) is 0 Å². The molecule has 0 radical (unpaired) electrons. The first-order chi connectivity index (χ1) is 8.68. The minimum atomic E-state index is -0.970. The first kappa shape index (κ1) is 12.5. The normalized spacial score (nSPS) is 10.7. The molecular formula is C14H12NO2P. The number of aromatic nitrogens is 1. The Labute approximate surface area is 107 Å². The van der Waals surface area contributed by atoms with Crippen LogP contribution in [0.2, 0.25) is 0 Å². The van der Waals surface area contributed by atoms with Gasteiger partial charge in [0.25, 0.3) is 0 Å². The molecule has 0 aliphatic rings. The standard InChI is InChI=1S/C14H12NO2P/c16-14(17)11-5-3-9-15-12(11)8-7-10-4-1-2-6-13(10)18/h1-9H,18H2,(H,16,17)/b8-7+. The van der Waals surface area contributed by atoms with E-state index >= 15 is 0 Å². The van der Waals surface area contributed by atoms with E-state index in [1.807, 2.05) is 30.3 Å². The largest absolute Gasteiger partial charge is 0.478 e. The monoisotopic (exact) mass is 257 g/mol. The number of carboxylic acids is 1. The predicted octanol–water partition coefficient (Wildman–Crippen LogP) is 2.45. The molecule has 2 aromatic rings. The maximum absolute atomic E-state index is 11.0. The van der Waals surface area contributed by atoms with Crippen LogP contribution >= 0.6 is 9.24 Å². The van der Waals surface area contributed by atoms with Crippen molar-refractivity contribution < 1.29 is 9.90 Å². The van der Waals surface area contributed by atoms with Crippen molar-refractivity contribution in [3.63, 3.8) is 0 Å². The van der Waals surface area contributed by atoms with Gasteiger partial charge in [-0.25, -0.2) is 4.79 Å². The van der Waals surface area contributed by atoms with Gasteiger partial charge in [0.2, 0.25) is 0 Å². The Hall–Kier alpha value is -1.99. The summed E-state index contributed by atoms with van der Waals surface area (Å²) in [5.74, 6) is -0.970. The SMILES string of the molecule is O=C(O)c1cccnc1/C=C/c1ccccc1P. The topological polar surface area (TPSA) is 50.2 Å². The van der Waals surface area contributed by atoms with Crippen LogP contribution in [-0.2, 0) is 0 Å². The molecule has 0 amide bonds. The second-order valence-corrected chi connectivity index (χ2v) is 4.33. The second kappa shape index (κ2) is 5.56. The zero-order chi connectivity index (χ0) is 13.0. The quantitative estimate of drug-likeness (QED) is 0.859. The van der Waals surface area contributed by atoms with E-state index in [1.165, 1.54) is 0 Å². The molecule has 0 aliphatic heterocycles. The minimum Gasteiger partial charge on any atom is -0.478 e. The second-order valence-electron chi connectivity index (χ2n) is 3.70. The number of rotatable bonds is 3. The van der Waals surface area contributed by atoms with Crippen LogP contribution < -0.4 is 5.30 Å². The highest BCUT2D eigenvalue weighted by atomic mass is 31.0. The van der Waals surface area contributed by atoms with Gasteiger partial charge in [0, 0.05) is 6.20 Å². The molecule has 0 aliphatic carbocycles. The molecule has 90 valence electrons. The fourth-order valence-corrected chi connectivity index (χ4v) is 1.87.